The summed E-state index contributed by atoms with van der Waals surface area (Å²) < 4.78 is 32.0. The van der Waals surface area contributed by atoms with Gasteiger partial charge in [0.15, 0.2) is 4.80 Å². The number of esters is 2. The minimum atomic E-state index is -0.920. The van der Waals surface area contributed by atoms with Crippen molar-refractivity contribution in [3.8, 4) is 11.3 Å². The van der Waals surface area contributed by atoms with Crippen molar-refractivity contribution in [2.45, 2.75) is 13.0 Å². The van der Waals surface area contributed by atoms with Crippen LogP contribution in [-0.4, -0.2) is 30.2 Å². The molecule has 1 aliphatic heterocycles. The molecule has 2 aromatic heterocycles. The van der Waals surface area contributed by atoms with Crippen LogP contribution in [0.25, 0.3) is 23.1 Å². The number of furan rings is 1. The van der Waals surface area contributed by atoms with E-state index in [4.69, 9.17) is 18.9 Å². The molecule has 5 aromatic rings. The van der Waals surface area contributed by atoms with E-state index >= 15 is 0 Å². The Morgan fingerprint density at radius 3 is 2.45 bits per heavy atom. The normalized spacial score (nSPS) is 14.6. The van der Waals surface area contributed by atoms with Crippen molar-refractivity contribution >= 4 is 35.0 Å². The van der Waals surface area contributed by atoms with Crippen LogP contribution in [0.3, 0.4) is 0 Å². The van der Waals surface area contributed by atoms with E-state index in [-0.39, 0.29) is 12.2 Å². The summed E-state index contributed by atoms with van der Waals surface area (Å²) in [7, 11) is 1.31. The molecule has 1 aliphatic rings. The first-order chi connectivity index (χ1) is 21.4. The van der Waals surface area contributed by atoms with Crippen molar-refractivity contribution < 1.29 is 27.9 Å². The van der Waals surface area contributed by atoms with Crippen LogP contribution >= 0.6 is 11.3 Å². The molecule has 6 rings (SSSR count). The average Bonchev–Trinajstić information content (AvgIpc) is 3.65. The first-order valence-corrected chi connectivity index (χ1v) is 14.5. The van der Waals surface area contributed by atoms with Gasteiger partial charge < -0.3 is 13.9 Å². The Morgan fingerprint density at radius 2 is 1.73 bits per heavy atom. The largest absolute Gasteiger partial charge is 0.465 e. The SMILES string of the molecule is CCOC(=O)C1=C(c2ccccc2)N=c2s/c(=C\c3ccc(-c4cccc(C(=O)OC)c4)o3)c(=O)n2[C@H]1c1ccc(F)cc1. The number of hydrogen-bond donors (Lipinski definition) is 0. The minimum Gasteiger partial charge on any atom is -0.465 e. The number of aromatic nitrogens is 1. The van der Waals surface area contributed by atoms with Crippen LogP contribution in [0.1, 0.15) is 40.2 Å². The Morgan fingerprint density at radius 1 is 0.977 bits per heavy atom. The smallest absolute Gasteiger partial charge is 0.338 e. The fourth-order valence-corrected chi connectivity index (χ4v) is 6.01. The minimum absolute atomic E-state index is 0.119. The molecule has 0 bridgehead atoms. The number of nitrogens with zero attached hydrogens (tertiary/aromatic N) is 2. The topological polar surface area (TPSA) is 100 Å². The van der Waals surface area contributed by atoms with Crippen LogP contribution in [0.5, 0.6) is 0 Å². The number of ether oxygens (including phenoxy) is 2. The van der Waals surface area contributed by atoms with Crippen LogP contribution in [0.4, 0.5) is 4.39 Å². The van der Waals surface area contributed by atoms with E-state index in [1.807, 2.05) is 30.3 Å². The van der Waals surface area contributed by atoms with Gasteiger partial charge in [0.2, 0.25) is 0 Å². The lowest BCUT2D eigenvalue weighted by molar-refractivity contribution is -0.138. The lowest BCUT2D eigenvalue weighted by atomic mass is 9.93. The zero-order chi connectivity index (χ0) is 30.8. The van der Waals surface area contributed by atoms with Gasteiger partial charge in [-0.2, -0.15) is 0 Å². The number of fused-ring (bicyclic) bond motifs is 1. The second-order valence-electron chi connectivity index (χ2n) is 9.76. The van der Waals surface area contributed by atoms with Crippen LogP contribution in [0, 0.1) is 5.82 Å². The predicted molar refractivity (Wildman–Crippen MR) is 163 cm³/mol. The van der Waals surface area contributed by atoms with Gasteiger partial charge in [-0.25, -0.2) is 19.0 Å². The summed E-state index contributed by atoms with van der Waals surface area (Å²) in [6.07, 6.45) is 1.61. The van der Waals surface area contributed by atoms with Crippen molar-refractivity contribution in [2.75, 3.05) is 13.7 Å². The molecule has 8 nitrogen and oxygen atoms in total. The number of methoxy groups -OCH3 is 1. The Hall–Kier alpha value is -5.35. The molecular weight excluding hydrogens is 583 g/mol. The number of hydrogen-bond acceptors (Lipinski definition) is 8. The highest BCUT2D eigenvalue weighted by atomic mass is 32.1. The first kappa shape index (κ1) is 28.8. The van der Waals surface area contributed by atoms with Crippen molar-refractivity contribution in [1.29, 1.82) is 0 Å². The zero-order valence-corrected chi connectivity index (χ0v) is 24.5. The summed E-state index contributed by atoms with van der Waals surface area (Å²) in [4.78, 5) is 44.6. The van der Waals surface area contributed by atoms with E-state index in [2.05, 4.69) is 0 Å². The molecule has 0 fully saturated rings. The van der Waals surface area contributed by atoms with Crippen molar-refractivity contribution in [3.05, 3.63) is 145 Å². The number of thiazole rings is 1. The van der Waals surface area contributed by atoms with E-state index < -0.39 is 29.4 Å². The first-order valence-electron chi connectivity index (χ1n) is 13.7. The third kappa shape index (κ3) is 5.43. The van der Waals surface area contributed by atoms with E-state index in [1.165, 1.54) is 23.8 Å². The van der Waals surface area contributed by atoms with E-state index in [9.17, 15) is 18.8 Å². The molecular formula is C34H25FN2O6S. The number of benzene rings is 3. The summed E-state index contributed by atoms with van der Waals surface area (Å²) in [6.45, 7) is 1.82. The van der Waals surface area contributed by atoms with E-state index in [0.717, 1.165) is 11.3 Å². The maximum Gasteiger partial charge on any atom is 0.338 e. The van der Waals surface area contributed by atoms with Gasteiger partial charge in [0, 0.05) is 17.2 Å². The molecule has 0 amide bonds. The molecule has 0 spiro atoms. The van der Waals surface area contributed by atoms with Gasteiger partial charge in [-0.05, 0) is 48.9 Å². The Balaban J connectivity index is 1.52. The molecule has 0 radical (unpaired) electrons. The molecule has 1 atom stereocenters. The molecule has 3 aromatic carbocycles. The van der Waals surface area contributed by atoms with Gasteiger partial charge in [-0.3, -0.25) is 9.36 Å². The third-order valence-corrected chi connectivity index (χ3v) is 8.01. The molecule has 3 heterocycles. The van der Waals surface area contributed by atoms with Crippen molar-refractivity contribution in [3.63, 3.8) is 0 Å². The maximum atomic E-state index is 14.0. The predicted octanol–water partition coefficient (Wildman–Crippen LogP) is 5.12. The van der Waals surface area contributed by atoms with Crippen LogP contribution in [0.2, 0.25) is 0 Å². The highest BCUT2D eigenvalue weighted by Gasteiger charge is 2.35. The lowest BCUT2D eigenvalue weighted by Gasteiger charge is -2.25. The molecule has 10 heteroatoms. The quantitative estimate of drug-likeness (QED) is 0.238. The van der Waals surface area contributed by atoms with Crippen LogP contribution < -0.4 is 14.9 Å². The second-order valence-corrected chi connectivity index (χ2v) is 10.8. The standard InChI is InChI=1S/C34H25FN2O6S/c1-3-42-33(40)28-29(20-8-5-4-6-9-20)36-34-37(30(28)21-12-14-24(35)15-13-21)31(38)27(44-34)19-25-16-17-26(43-25)22-10-7-11-23(18-22)32(39)41-2/h4-19,30H,3H2,1-2H3/b27-19-/t30-/m0/s1. The molecule has 0 saturated heterocycles. The fourth-order valence-electron chi connectivity index (χ4n) is 5.03. The van der Waals surface area contributed by atoms with Gasteiger partial charge in [-0.1, -0.05) is 65.9 Å². The van der Waals surface area contributed by atoms with Gasteiger partial charge in [0.1, 0.15) is 17.3 Å². The molecule has 0 saturated carbocycles. The lowest BCUT2D eigenvalue weighted by Crippen LogP contribution is -2.40. The fraction of sp³-hybridized carbons (Fsp3) is 0.118. The van der Waals surface area contributed by atoms with Crippen molar-refractivity contribution in [1.82, 2.24) is 4.57 Å². The van der Waals surface area contributed by atoms with Gasteiger partial charge in [0.25, 0.3) is 5.56 Å². The maximum absolute atomic E-state index is 14.0. The number of rotatable bonds is 7. The Bertz CT molecular complexity index is 2090. The molecule has 44 heavy (non-hydrogen) atoms. The van der Waals surface area contributed by atoms with E-state index in [1.54, 1.807) is 61.5 Å². The zero-order valence-electron chi connectivity index (χ0n) is 23.7. The monoisotopic (exact) mass is 608 g/mol. The van der Waals surface area contributed by atoms with Gasteiger partial charge in [0.05, 0.1) is 41.1 Å². The molecule has 0 N–H and O–H groups in total. The summed E-state index contributed by atoms with van der Waals surface area (Å²) in [5.74, 6) is -0.636. The number of carbonyl (C=O) groups excluding carboxylic acids is 2. The second kappa shape index (κ2) is 12.1. The summed E-state index contributed by atoms with van der Waals surface area (Å²) in [5, 5.41) is 0. The highest BCUT2D eigenvalue weighted by Crippen LogP contribution is 2.35. The number of halogens is 1. The number of carbonyl (C=O) groups is 2. The Kier molecular flexibility index (Phi) is 7.91. The molecule has 0 unspecified atom stereocenters. The summed E-state index contributed by atoms with van der Waals surface area (Å²) in [6, 6.07) is 24.2. The molecule has 220 valence electrons. The highest BCUT2D eigenvalue weighted by molar-refractivity contribution is 7.07. The average molecular weight is 609 g/mol. The van der Waals surface area contributed by atoms with Crippen LogP contribution in [0.15, 0.2) is 111 Å². The Labute approximate surface area is 254 Å². The van der Waals surface area contributed by atoms with Crippen LogP contribution in [-0.2, 0) is 14.3 Å². The van der Waals surface area contributed by atoms with Crippen molar-refractivity contribution in [2.24, 2.45) is 4.99 Å². The summed E-state index contributed by atoms with van der Waals surface area (Å²) in [5.41, 5.74) is 2.39. The summed E-state index contributed by atoms with van der Waals surface area (Å²) >= 11 is 1.14. The third-order valence-electron chi connectivity index (χ3n) is 7.03. The van der Waals surface area contributed by atoms with E-state index in [0.29, 0.717) is 48.8 Å². The van der Waals surface area contributed by atoms with Gasteiger partial charge in [-0.15, -0.1) is 0 Å². The van der Waals surface area contributed by atoms with Gasteiger partial charge >= 0.3 is 11.9 Å². The molecule has 0 aliphatic carbocycles.